The average Bonchev–Trinajstić information content (AvgIpc) is 2.72. The van der Waals surface area contributed by atoms with Crippen molar-refractivity contribution in [3.05, 3.63) is 33.2 Å². The minimum atomic E-state index is -0.460. The third-order valence-corrected chi connectivity index (χ3v) is 3.76. The van der Waals surface area contributed by atoms with Gasteiger partial charge in [-0.25, -0.2) is 4.98 Å². The van der Waals surface area contributed by atoms with Crippen molar-refractivity contribution in [3.8, 4) is 0 Å². The number of aryl methyl sites for hydroxylation is 1. The first kappa shape index (κ1) is 13.7. The Balaban J connectivity index is 2.35. The van der Waals surface area contributed by atoms with Gasteiger partial charge in [0.25, 0.3) is 11.5 Å². The van der Waals surface area contributed by atoms with E-state index in [1.165, 1.54) is 21.9 Å². The van der Waals surface area contributed by atoms with Crippen LogP contribution in [0.25, 0.3) is 4.96 Å². The molecule has 1 atom stereocenters. The second-order valence-corrected chi connectivity index (χ2v) is 5.20. The van der Waals surface area contributed by atoms with Crippen LogP contribution in [0.3, 0.4) is 0 Å². The number of rotatable bonds is 4. The van der Waals surface area contributed by atoms with Gasteiger partial charge < -0.3 is 10.4 Å². The number of hydrogen-bond acceptors (Lipinski definition) is 5. The van der Waals surface area contributed by atoms with Crippen molar-refractivity contribution in [2.45, 2.75) is 26.3 Å². The minimum Gasteiger partial charge on any atom is -0.396 e. The molecule has 0 aliphatic heterocycles. The fraction of sp³-hybridized carbons (Fsp3) is 0.417. The number of amides is 1. The van der Waals surface area contributed by atoms with Gasteiger partial charge in [0.2, 0.25) is 0 Å². The summed E-state index contributed by atoms with van der Waals surface area (Å²) in [5, 5.41) is 13.3. The molecule has 7 heteroatoms. The Labute approximate surface area is 113 Å². The van der Waals surface area contributed by atoms with Gasteiger partial charge in [-0.05, 0) is 20.3 Å². The molecular weight excluding hydrogens is 266 g/mol. The Morgan fingerprint density at radius 1 is 1.63 bits per heavy atom. The monoisotopic (exact) mass is 281 g/mol. The van der Waals surface area contributed by atoms with Crippen LogP contribution in [-0.4, -0.2) is 33.0 Å². The van der Waals surface area contributed by atoms with Crippen molar-refractivity contribution in [2.75, 3.05) is 6.61 Å². The van der Waals surface area contributed by atoms with Crippen LogP contribution in [0.5, 0.6) is 0 Å². The fourth-order valence-electron chi connectivity index (χ4n) is 1.75. The van der Waals surface area contributed by atoms with Gasteiger partial charge in [-0.1, -0.05) is 0 Å². The first-order valence-corrected chi connectivity index (χ1v) is 6.80. The standard InChI is InChI=1S/C12H15N3O3S/c1-7(3-4-16)14-10(17)9-5-13-12-15(11(9)18)8(2)6-19-12/h5-7,16H,3-4H2,1-2H3,(H,14,17). The number of nitrogens with one attached hydrogen (secondary N) is 1. The number of aromatic nitrogens is 2. The number of nitrogens with zero attached hydrogens (tertiary/aromatic N) is 2. The quantitative estimate of drug-likeness (QED) is 0.858. The molecule has 19 heavy (non-hydrogen) atoms. The van der Waals surface area contributed by atoms with Crippen molar-refractivity contribution in [3.63, 3.8) is 0 Å². The van der Waals surface area contributed by atoms with Crippen LogP contribution in [0, 0.1) is 6.92 Å². The summed E-state index contributed by atoms with van der Waals surface area (Å²) in [6.07, 6.45) is 1.74. The number of carbonyl (C=O) groups is 1. The summed E-state index contributed by atoms with van der Waals surface area (Å²) in [5.41, 5.74) is 0.414. The molecule has 0 radical (unpaired) electrons. The highest BCUT2D eigenvalue weighted by atomic mass is 32.1. The lowest BCUT2D eigenvalue weighted by Crippen LogP contribution is -2.37. The van der Waals surface area contributed by atoms with E-state index in [4.69, 9.17) is 5.11 Å². The van der Waals surface area contributed by atoms with E-state index in [0.717, 1.165) is 5.69 Å². The van der Waals surface area contributed by atoms with Crippen molar-refractivity contribution < 1.29 is 9.90 Å². The van der Waals surface area contributed by atoms with Crippen LogP contribution in [0.1, 0.15) is 29.4 Å². The maximum atomic E-state index is 12.2. The van der Waals surface area contributed by atoms with Crippen LogP contribution in [-0.2, 0) is 0 Å². The number of thiazole rings is 1. The second kappa shape index (κ2) is 5.50. The van der Waals surface area contributed by atoms with Gasteiger partial charge in [0, 0.05) is 29.9 Å². The largest absolute Gasteiger partial charge is 0.396 e. The second-order valence-electron chi connectivity index (χ2n) is 4.36. The minimum absolute atomic E-state index is 0.0125. The third kappa shape index (κ3) is 2.66. The number of aliphatic hydroxyl groups excluding tert-OH is 1. The molecule has 2 N–H and O–H groups in total. The molecule has 6 nitrogen and oxygen atoms in total. The van der Waals surface area contributed by atoms with E-state index in [-0.39, 0.29) is 23.8 Å². The lowest BCUT2D eigenvalue weighted by molar-refractivity contribution is 0.0932. The molecule has 0 aliphatic carbocycles. The Morgan fingerprint density at radius 2 is 2.37 bits per heavy atom. The van der Waals surface area contributed by atoms with Gasteiger partial charge >= 0.3 is 0 Å². The molecule has 0 aliphatic rings. The van der Waals surface area contributed by atoms with Gasteiger partial charge in [0.15, 0.2) is 4.96 Å². The summed E-state index contributed by atoms with van der Waals surface area (Å²) >= 11 is 1.36. The van der Waals surface area contributed by atoms with Crippen molar-refractivity contribution in [1.82, 2.24) is 14.7 Å². The molecule has 0 spiro atoms. The van der Waals surface area contributed by atoms with Gasteiger partial charge in [0.05, 0.1) is 0 Å². The van der Waals surface area contributed by atoms with E-state index < -0.39 is 5.91 Å². The zero-order chi connectivity index (χ0) is 14.0. The van der Waals surface area contributed by atoms with Crippen LogP contribution < -0.4 is 10.9 Å². The molecule has 2 aromatic rings. The summed E-state index contributed by atoms with van der Waals surface area (Å²) in [6.45, 7) is 3.55. The number of carbonyl (C=O) groups excluding carboxylic acids is 1. The predicted octanol–water partition coefficient (Wildman–Crippen LogP) is 0.565. The molecule has 0 fully saturated rings. The summed E-state index contributed by atoms with van der Waals surface area (Å²) < 4.78 is 1.43. The summed E-state index contributed by atoms with van der Waals surface area (Å²) in [6, 6.07) is -0.193. The molecule has 0 saturated heterocycles. The maximum absolute atomic E-state index is 12.2. The molecule has 2 heterocycles. The molecule has 0 aromatic carbocycles. The fourth-order valence-corrected chi connectivity index (χ4v) is 2.58. The molecule has 1 unspecified atom stereocenters. The number of hydrogen-bond donors (Lipinski definition) is 2. The Kier molecular flexibility index (Phi) is 3.96. The predicted molar refractivity (Wildman–Crippen MR) is 72.7 cm³/mol. The maximum Gasteiger partial charge on any atom is 0.271 e. The number of fused-ring (bicyclic) bond motifs is 1. The van der Waals surface area contributed by atoms with Crippen LogP contribution in [0.15, 0.2) is 16.4 Å². The van der Waals surface area contributed by atoms with Crippen LogP contribution in [0.4, 0.5) is 0 Å². The summed E-state index contributed by atoms with van der Waals surface area (Å²) in [5.74, 6) is -0.460. The molecule has 0 saturated carbocycles. The highest BCUT2D eigenvalue weighted by molar-refractivity contribution is 7.15. The molecule has 0 bridgehead atoms. The highest BCUT2D eigenvalue weighted by Crippen LogP contribution is 2.11. The van der Waals surface area contributed by atoms with Crippen LogP contribution in [0.2, 0.25) is 0 Å². The highest BCUT2D eigenvalue weighted by Gasteiger charge is 2.16. The van der Waals surface area contributed by atoms with Gasteiger partial charge in [-0.15, -0.1) is 11.3 Å². The third-order valence-electron chi connectivity index (χ3n) is 2.80. The topological polar surface area (TPSA) is 83.7 Å². The van der Waals surface area contributed by atoms with E-state index in [1.807, 2.05) is 5.38 Å². The van der Waals surface area contributed by atoms with Crippen LogP contribution >= 0.6 is 11.3 Å². The molecule has 102 valence electrons. The van der Waals surface area contributed by atoms with Crippen molar-refractivity contribution in [2.24, 2.45) is 0 Å². The lowest BCUT2D eigenvalue weighted by atomic mass is 10.2. The van der Waals surface area contributed by atoms with E-state index in [0.29, 0.717) is 11.4 Å². The molecule has 1 amide bonds. The zero-order valence-corrected chi connectivity index (χ0v) is 11.5. The first-order valence-electron chi connectivity index (χ1n) is 5.92. The SMILES string of the molecule is Cc1csc2ncc(C(=O)NC(C)CCO)c(=O)n12. The van der Waals surface area contributed by atoms with Gasteiger partial charge in [-0.3, -0.25) is 14.0 Å². The average molecular weight is 281 g/mol. The number of aliphatic hydroxyl groups is 1. The Morgan fingerprint density at radius 3 is 3.05 bits per heavy atom. The summed E-state index contributed by atoms with van der Waals surface area (Å²) in [7, 11) is 0. The van der Waals surface area contributed by atoms with Gasteiger partial charge in [0.1, 0.15) is 5.56 Å². The molecule has 2 rings (SSSR count). The van der Waals surface area contributed by atoms with E-state index in [9.17, 15) is 9.59 Å². The Hall–Kier alpha value is -1.73. The van der Waals surface area contributed by atoms with Crippen molar-refractivity contribution >= 4 is 22.2 Å². The van der Waals surface area contributed by atoms with E-state index >= 15 is 0 Å². The normalized spacial score (nSPS) is 12.6. The molecular formula is C12H15N3O3S. The zero-order valence-electron chi connectivity index (χ0n) is 10.7. The van der Waals surface area contributed by atoms with E-state index in [1.54, 1.807) is 13.8 Å². The molecule has 2 aromatic heterocycles. The van der Waals surface area contributed by atoms with Crippen molar-refractivity contribution in [1.29, 1.82) is 0 Å². The first-order chi connectivity index (χ1) is 9.04. The van der Waals surface area contributed by atoms with E-state index in [2.05, 4.69) is 10.3 Å². The Bertz CT molecular complexity index is 662. The summed E-state index contributed by atoms with van der Waals surface area (Å²) in [4.78, 5) is 28.9. The lowest BCUT2D eigenvalue weighted by Gasteiger charge is -2.11. The smallest absolute Gasteiger partial charge is 0.271 e. The van der Waals surface area contributed by atoms with Gasteiger partial charge in [-0.2, -0.15) is 0 Å².